The summed E-state index contributed by atoms with van der Waals surface area (Å²) in [5.74, 6) is -0.219. The van der Waals surface area contributed by atoms with Gasteiger partial charge in [0.05, 0.1) is 12.5 Å². The lowest BCUT2D eigenvalue weighted by Gasteiger charge is -2.05. The first-order valence-corrected chi connectivity index (χ1v) is 5.71. The molecular weight excluding hydrogens is 273 g/mol. The minimum Gasteiger partial charge on any atom is -0.472 e. The number of hydrogen-bond donors (Lipinski definition) is 1. The van der Waals surface area contributed by atoms with Crippen LogP contribution in [0.5, 0.6) is 0 Å². The van der Waals surface area contributed by atoms with E-state index < -0.39 is 0 Å². The molecule has 1 N–H and O–H groups in total. The Morgan fingerprint density at radius 2 is 2.12 bits per heavy atom. The third-order valence-electron chi connectivity index (χ3n) is 2.23. The van der Waals surface area contributed by atoms with Crippen LogP contribution in [-0.4, -0.2) is 0 Å². The Bertz CT molecular complexity index is 456. The van der Waals surface area contributed by atoms with Gasteiger partial charge in [-0.05, 0) is 29.8 Å². The molecule has 0 saturated heterocycles. The van der Waals surface area contributed by atoms with Gasteiger partial charge < -0.3 is 9.73 Å². The van der Waals surface area contributed by atoms with E-state index in [9.17, 15) is 4.39 Å². The van der Waals surface area contributed by atoms with Crippen LogP contribution in [0, 0.1) is 5.82 Å². The van der Waals surface area contributed by atoms with Crippen LogP contribution < -0.4 is 5.32 Å². The van der Waals surface area contributed by atoms with Crippen molar-refractivity contribution in [2.24, 2.45) is 0 Å². The fourth-order valence-corrected chi connectivity index (χ4v) is 1.80. The molecule has 0 fully saturated rings. The van der Waals surface area contributed by atoms with Gasteiger partial charge in [-0.3, -0.25) is 0 Å². The molecule has 2 rings (SSSR count). The summed E-state index contributed by atoms with van der Waals surface area (Å²) in [5.41, 5.74) is 1.98. The van der Waals surface area contributed by atoms with E-state index in [2.05, 4.69) is 21.2 Å². The Morgan fingerprint density at radius 3 is 2.88 bits per heavy atom. The van der Waals surface area contributed by atoms with Gasteiger partial charge in [-0.2, -0.15) is 0 Å². The largest absolute Gasteiger partial charge is 0.472 e. The van der Waals surface area contributed by atoms with Gasteiger partial charge in [-0.1, -0.05) is 15.9 Å². The minimum absolute atomic E-state index is 0.219. The summed E-state index contributed by atoms with van der Waals surface area (Å²) in [6, 6.07) is 6.56. The van der Waals surface area contributed by atoms with Crippen molar-refractivity contribution in [3.63, 3.8) is 0 Å². The molecule has 0 saturated carbocycles. The van der Waals surface area contributed by atoms with Crippen LogP contribution in [-0.2, 0) is 13.1 Å². The molecule has 0 aliphatic heterocycles. The van der Waals surface area contributed by atoms with Crippen molar-refractivity contribution in [1.82, 2.24) is 5.32 Å². The fraction of sp³-hybridized carbons (Fsp3) is 0.167. The molecule has 0 radical (unpaired) electrons. The fourth-order valence-electron chi connectivity index (χ4n) is 1.41. The maximum absolute atomic E-state index is 13.0. The quantitative estimate of drug-likeness (QED) is 0.930. The average Bonchev–Trinajstić information content (AvgIpc) is 2.76. The maximum Gasteiger partial charge on any atom is 0.123 e. The Hall–Kier alpha value is -1.13. The van der Waals surface area contributed by atoms with Crippen LogP contribution in [0.1, 0.15) is 11.1 Å². The van der Waals surface area contributed by atoms with Gasteiger partial charge in [0.1, 0.15) is 5.82 Å². The van der Waals surface area contributed by atoms with Gasteiger partial charge in [-0.25, -0.2) is 4.39 Å². The summed E-state index contributed by atoms with van der Waals surface area (Å²) in [6.07, 6.45) is 3.32. The Labute approximate surface area is 102 Å². The molecule has 0 aliphatic rings. The normalized spacial score (nSPS) is 10.6. The van der Waals surface area contributed by atoms with E-state index in [0.29, 0.717) is 13.1 Å². The van der Waals surface area contributed by atoms with Crippen molar-refractivity contribution in [2.45, 2.75) is 13.1 Å². The van der Waals surface area contributed by atoms with Gasteiger partial charge >= 0.3 is 0 Å². The Kier molecular flexibility index (Phi) is 3.74. The van der Waals surface area contributed by atoms with E-state index in [1.807, 2.05) is 6.07 Å². The number of rotatable bonds is 4. The second kappa shape index (κ2) is 5.27. The SMILES string of the molecule is Fc1ccc(Br)c(CNCc2ccoc2)c1. The second-order valence-corrected chi connectivity index (χ2v) is 4.33. The van der Waals surface area contributed by atoms with Crippen molar-refractivity contribution >= 4 is 15.9 Å². The summed E-state index contributed by atoms with van der Waals surface area (Å²) in [6.45, 7) is 1.32. The molecule has 0 spiro atoms. The molecular formula is C12H11BrFNO. The second-order valence-electron chi connectivity index (χ2n) is 3.47. The summed E-state index contributed by atoms with van der Waals surface area (Å²) in [7, 11) is 0. The summed E-state index contributed by atoms with van der Waals surface area (Å²) in [5, 5.41) is 3.22. The first-order valence-electron chi connectivity index (χ1n) is 4.91. The number of nitrogens with one attached hydrogen (secondary N) is 1. The van der Waals surface area contributed by atoms with Gasteiger partial charge in [0.2, 0.25) is 0 Å². The molecule has 0 unspecified atom stereocenters. The van der Waals surface area contributed by atoms with Crippen LogP contribution in [0.15, 0.2) is 45.7 Å². The number of halogens is 2. The molecule has 0 amide bonds. The third kappa shape index (κ3) is 2.93. The Balaban J connectivity index is 1.92. The van der Waals surface area contributed by atoms with Gasteiger partial charge in [-0.15, -0.1) is 0 Å². The molecule has 1 heterocycles. The molecule has 16 heavy (non-hydrogen) atoms. The lowest BCUT2D eigenvalue weighted by atomic mass is 10.2. The maximum atomic E-state index is 13.0. The zero-order chi connectivity index (χ0) is 11.4. The predicted molar refractivity (Wildman–Crippen MR) is 63.4 cm³/mol. The van der Waals surface area contributed by atoms with Crippen molar-refractivity contribution < 1.29 is 8.81 Å². The van der Waals surface area contributed by atoms with Crippen molar-refractivity contribution in [2.75, 3.05) is 0 Å². The van der Waals surface area contributed by atoms with Crippen LogP contribution in [0.3, 0.4) is 0 Å². The van der Waals surface area contributed by atoms with Crippen LogP contribution >= 0.6 is 15.9 Å². The number of hydrogen-bond acceptors (Lipinski definition) is 2. The van der Waals surface area contributed by atoms with Crippen molar-refractivity contribution in [1.29, 1.82) is 0 Å². The summed E-state index contributed by atoms with van der Waals surface area (Å²) < 4.78 is 18.8. The predicted octanol–water partition coefficient (Wildman–Crippen LogP) is 3.47. The zero-order valence-corrected chi connectivity index (χ0v) is 10.1. The molecule has 1 aromatic carbocycles. The zero-order valence-electron chi connectivity index (χ0n) is 8.54. The first kappa shape index (κ1) is 11.4. The smallest absolute Gasteiger partial charge is 0.123 e. The lowest BCUT2D eigenvalue weighted by molar-refractivity contribution is 0.560. The minimum atomic E-state index is -0.219. The molecule has 1 aromatic heterocycles. The van der Waals surface area contributed by atoms with Crippen LogP contribution in [0.4, 0.5) is 4.39 Å². The topological polar surface area (TPSA) is 25.2 Å². The molecule has 0 atom stereocenters. The average molecular weight is 284 g/mol. The standard InChI is InChI=1S/C12H11BrFNO/c13-12-2-1-11(14)5-10(12)7-15-6-9-3-4-16-8-9/h1-5,8,15H,6-7H2. The van der Waals surface area contributed by atoms with E-state index >= 15 is 0 Å². The van der Waals surface area contributed by atoms with E-state index in [0.717, 1.165) is 15.6 Å². The van der Waals surface area contributed by atoms with Gasteiger partial charge in [0.25, 0.3) is 0 Å². The molecule has 0 bridgehead atoms. The van der Waals surface area contributed by atoms with Crippen LogP contribution in [0.2, 0.25) is 0 Å². The van der Waals surface area contributed by atoms with E-state index in [1.165, 1.54) is 12.1 Å². The Morgan fingerprint density at radius 1 is 1.25 bits per heavy atom. The first-order chi connectivity index (χ1) is 7.75. The molecule has 4 heteroatoms. The highest BCUT2D eigenvalue weighted by molar-refractivity contribution is 9.10. The van der Waals surface area contributed by atoms with Crippen molar-refractivity contribution in [3.8, 4) is 0 Å². The highest BCUT2D eigenvalue weighted by Gasteiger charge is 2.01. The number of furan rings is 1. The highest BCUT2D eigenvalue weighted by Crippen LogP contribution is 2.17. The van der Waals surface area contributed by atoms with Gasteiger partial charge in [0, 0.05) is 23.1 Å². The lowest BCUT2D eigenvalue weighted by Crippen LogP contribution is -2.12. The molecule has 84 valence electrons. The monoisotopic (exact) mass is 283 g/mol. The number of benzene rings is 1. The van der Waals surface area contributed by atoms with E-state index in [-0.39, 0.29) is 5.82 Å². The van der Waals surface area contributed by atoms with Crippen molar-refractivity contribution in [3.05, 3.63) is 58.2 Å². The van der Waals surface area contributed by atoms with E-state index in [4.69, 9.17) is 4.42 Å². The summed E-state index contributed by atoms with van der Waals surface area (Å²) in [4.78, 5) is 0. The molecule has 0 aliphatic carbocycles. The third-order valence-corrected chi connectivity index (χ3v) is 3.01. The van der Waals surface area contributed by atoms with Gasteiger partial charge in [0.15, 0.2) is 0 Å². The highest BCUT2D eigenvalue weighted by atomic mass is 79.9. The molecule has 2 nitrogen and oxygen atoms in total. The van der Waals surface area contributed by atoms with E-state index in [1.54, 1.807) is 18.6 Å². The van der Waals surface area contributed by atoms with Crippen LogP contribution in [0.25, 0.3) is 0 Å². The summed E-state index contributed by atoms with van der Waals surface area (Å²) >= 11 is 3.38. The molecule has 2 aromatic rings.